The Balaban J connectivity index is 2.39. The van der Waals surface area contributed by atoms with Gasteiger partial charge < -0.3 is 19.3 Å². The Morgan fingerprint density at radius 1 is 1.10 bits per heavy atom. The van der Waals surface area contributed by atoms with Crippen LogP contribution in [0.3, 0.4) is 0 Å². The monoisotopic (exact) mass is 295 g/mol. The summed E-state index contributed by atoms with van der Waals surface area (Å²) in [6, 6.07) is 8.51. The van der Waals surface area contributed by atoms with Crippen LogP contribution in [0, 0.1) is 0 Å². The highest BCUT2D eigenvalue weighted by molar-refractivity contribution is 6.31. The van der Waals surface area contributed by atoms with Gasteiger partial charge in [-0.25, -0.2) is 4.98 Å². The average molecular weight is 296 g/mol. The van der Waals surface area contributed by atoms with Crippen LogP contribution in [0.4, 0.5) is 0 Å². The second-order valence-corrected chi connectivity index (χ2v) is 4.24. The summed E-state index contributed by atoms with van der Waals surface area (Å²) < 4.78 is 16.2. The Kier molecular flexibility index (Phi) is 4.65. The van der Waals surface area contributed by atoms with E-state index < -0.39 is 0 Å². The zero-order valence-corrected chi connectivity index (χ0v) is 11.8. The molecule has 1 heterocycles. The lowest BCUT2D eigenvalue weighted by molar-refractivity contribution is 0.274. The molecule has 0 radical (unpaired) electrons. The van der Waals surface area contributed by atoms with Gasteiger partial charge in [0.1, 0.15) is 0 Å². The fourth-order valence-corrected chi connectivity index (χ4v) is 1.82. The van der Waals surface area contributed by atoms with Crippen molar-refractivity contribution in [3.63, 3.8) is 0 Å². The molecule has 2 aromatic rings. The van der Waals surface area contributed by atoms with Crippen LogP contribution in [0.2, 0.25) is 5.02 Å². The number of benzene rings is 1. The van der Waals surface area contributed by atoms with Gasteiger partial charge in [-0.2, -0.15) is 0 Å². The van der Waals surface area contributed by atoms with Gasteiger partial charge in [-0.3, -0.25) is 0 Å². The van der Waals surface area contributed by atoms with Crippen LogP contribution in [-0.4, -0.2) is 24.3 Å². The molecule has 0 aliphatic carbocycles. The Morgan fingerprint density at radius 3 is 2.30 bits per heavy atom. The van der Waals surface area contributed by atoms with Crippen molar-refractivity contribution < 1.29 is 19.3 Å². The van der Waals surface area contributed by atoms with Crippen molar-refractivity contribution >= 4 is 11.6 Å². The van der Waals surface area contributed by atoms with Crippen LogP contribution in [0.5, 0.6) is 23.1 Å². The van der Waals surface area contributed by atoms with Crippen LogP contribution in [0.25, 0.3) is 0 Å². The van der Waals surface area contributed by atoms with E-state index in [0.29, 0.717) is 33.8 Å². The molecule has 0 unspecified atom stereocenters. The summed E-state index contributed by atoms with van der Waals surface area (Å²) in [4.78, 5) is 4.12. The van der Waals surface area contributed by atoms with Crippen LogP contribution < -0.4 is 14.2 Å². The predicted molar refractivity (Wildman–Crippen MR) is 74.8 cm³/mol. The largest absolute Gasteiger partial charge is 0.493 e. The molecular weight excluding hydrogens is 282 g/mol. The van der Waals surface area contributed by atoms with Gasteiger partial charge in [0, 0.05) is 6.07 Å². The summed E-state index contributed by atoms with van der Waals surface area (Å²) in [5.74, 6) is 1.75. The third-order valence-corrected chi connectivity index (χ3v) is 2.98. The minimum atomic E-state index is -0.265. The first-order valence-electron chi connectivity index (χ1n) is 5.84. The first-order valence-corrected chi connectivity index (χ1v) is 6.22. The number of halogens is 1. The van der Waals surface area contributed by atoms with E-state index in [2.05, 4.69) is 4.98 Å². The molecular formula is C14H14ClNO4. The summed E-state index contributed by atoms with van der Waals surface area (Å²) in [5, 5.41) is 9.54. The van der Waals surface area contributed by atoms with Crippen LogP contribution in [0.15, 0.2) is 30.3 Å². The van der Waals surface area contributed by atoms with Crippen LogP contribution in [0.1, 0.15) is 5.69 Å². The minimum absolute atomic E-state index is 0.265. The standard InChI is InChI=1S/C14H14ClNO4/c1-18-11-4-3-5-12(19-2)14(11)20-13-7-6-9(15)10(8-17)16-13/h3-7,17H,8H2,1-2H3. The summed E-state index contributed by atoms with van der Waals surface area (Å²) >= 11 is 5.89. The lowest BCUT2D eigenvalue weighted by Gasteiger charge is -2.13. The number of aromatic nitrogens is 1. The Bertz CT molecular complexity index is 581. The van der Waals surface area contributed by atoms with E-state index in [1.165, 1.54) is 14.2 Å². The highest BCUT2D eigenvalue weighted by atomic mass is 35.5. The maximum atomic E-state index is 9.16. The van der Waals surface area contributed by atoms with Crippen molar-refractivity contribution in [2.75, 3.05) is 14.2 Å². The molecule has 6 heteroatoms. The number of nitrogens with zero attached hydrogens (tertiary/aromatic N) is 1. The van der Waals surface area contributed by atoms with Crippen molar-refractivity contribution in [2.24, 2.45) is 0 Å². The zero-order chi connectivity index (χ0) is 14.5. The number of aliphatic hydroxyl groups is 1. The van der Waals surface area contributed by atoms with Crippen LogP contribution >= 0.6 is 11.6 Å². The molecule has 0 saturated carbocycles. The Labute approximate surface area is 121 Å². The topological polar surface area (TPSA) is 60.8 Å². The van der Waals surface area contributed by atoms with Gasteiger partial charge >= 0.3 is 0 Å². The summed E-state index contributed by atoms with van der Waals surface area (Å²) in [7, 11) is 3.08. The van der Waals surface area contributed by atoms with Gasteiger partial charge in [0.15, 0.2) is 11.5 Å². The SMILES string of the molecule is COc1cccc(OC)c1Oc1ccc(Cl)c(CO)n1. The summed E-state index contributed by atoms with van der Waals surface area (Å²) in [5.41, 5.74) is 0.345. The van der Waals surface area contributed by atoms with Gasteiger partial charge in [-0.05, 0) is 18.2 Å². The number of ether oxygens (including phenoxy) is 3. The molecule has 0 fully saturated rings. The quantitative estimate of drug-likeness (QED) is 0.918. The predicted octanol–water partition coefficient (Wildman–Crippen LogP) is 3.04. The van der Waals surface area contributed by atoms with Gasteiger partial charge in [0.05, 0.1) is 31.5 Å². The number of aliphatic hydroxyl groups excluding tert-OH is 1. The molecule has 0 atom stereocenters. The molecule has 5 nitrogen and oxygen atoms in total. The third-order valence-electron chi connectivity index (χ3n) is 2.63. The number of hydrogen-bond acceptors (Lipinski definition) is 5. The van der Waals surface area contributed by atoms with Crippen molar-refractivity contribution in [3.8, 4) is 23.1 Å². The van der Waals surface area contributed by atoms with E-state index in [0.717, 1.165) is 0 Å². The fourth-order valence-electron chi connectivity index (χ4n) is 1.65. The third kappa shape index (κ3) is 2.95. The van der Waals surface area contributed by atoms with Crippen molar-refractivity contribution in [1.29, 1.82) is 0 Å². The lowest BCUT2D eigenvalue weighted by atomic mass is 10.3. The number of hydrogen-bond donors (Lipinski definition) is 1. The molecule has 1 aromatic heterocycles. The minimum Gasteiger partial charge on any atom is -0.493 e. The van der Waals surface area contributed by atoms with Gasteiger partial charge in [-0.15, -0.1) is 0 Å². The van der Waals surface area contributed by atoms with E-state index in [9.17, 15) is 0 Å². The van der Waals surface area contributed by atoms with Gasteiger partial charge in [0.25, 0.3) is 0 Å². The van der Waals surface area contributed by atoms with Crippen molar-refractivity contribution in [3.05, 3.63) is 41.0 Å². The van der Waals surface area contributed by atoms with Gasteiger partial charge in [0.2, 0.25) is 11.6 Å². The van der Waals surface area contributed by atoms with E-state index in [4.69, 9.17) is 30.9 Å². The van der Waals surface area contributed by atoms with Crippen LogP contribution in [-0.2, 0) is 6.61 Å². The Hall–Kier alpha value is -1.98. The first kappa shape index (κ1) is 14.4. The normalized spacial score (nSPS) is 10.2. The van der Waals surface area contributed by atoms with Gasteiger partial charge in [-0.1, -0.05) is 17.7 Å². The molecule has 0 spiro atoms. The Morgan fingerprint density at radius 2 is 1.75 bits per heavy atom. The van der Waals surface area contributed by atoms with E-state index in [1.54, 1.807) is 30.3 Å². The second kappa shape index (κ2) is 6.45. The smallest absolute Gasteiger partial charge is 0.220 e. The van der Waals surface area contributed by atoms with Crippen molar-refractivity contribution in [2.45, 2.75) is 6.61 Å². The first-order chi connectivity index (χ1) is 9.69. The maximum absolute atomic E-state index is 9.16. The molecule has 0 aliphatic rings. The number of pyridine rings is 1. The second-order valence-electron chi connectivity index (χ2n) is 3.83. The van der Waals surface area contributed by atoms with E-state index >= 15 is 0 Å². The van der Waals surface area contributed by atoms with Crippen molar-refractivity contribution in [1.82, 2.24) is 4.98 Å². The molecule has 20 heavy (non-hydrogen) atoms. The number of methoxy groups -OCH3 is 2. The molecule has 106 valence electrons. The summed E-state index contributed by atoms with van der Waals surface area (Å²) in [6.45, 7) is -0.265. The van der Waals surface area contributed by atoms with E-state index in [-0.39, 0.29) is 6.61 Å². The van der Waals surface area contributed by atoms with E-state index in [1.807, 2.05) is 0 Å². The molecule has 0 amide bonds. The lowest BCUT2D eigenvalue weighted by Crippen LogP contribution is -1.98. The molecule has 1 N–H and O–H groups in total. The fraction of sp³-hybridized carbons (Fsp3) is 0.214. The highest BCUT2D eigenvalue weighted by Crippen LogP contribution is 2.39. The number of para-hydroxylation sites is 1. The average Bonchev–Trinajstić information content (AvgIpc) is 2.49. The molecule has 0 saturated heterocycles. The molecule has 0 aliphatic heterocycles. The highest BCUT2D eigenvalue weighted by Gasteiger charge is 2.14. The molecule has 2 rings (SSSR count). The molecule has 0 bridgehead atoms. The molecule has 1 aromatic carbocycles. The zero-order valence-electron chi connectivity index (χ0n) is 11.1. The maximum Gasteiger partial charge on any atom is 0.220 e. The number of rotatable bonds is 5. The summed E-state index contributed by atoms with van der Waals surface area (Å²) in [6.07, 6.45) is 0.